The lowest BCUT2D eigenvalue weighted by atomic mass is 10.1. The highest BCUT2D eigenvalue weighted by molar-refractivity contribution is 6.14. The number of imide groups is 1. The Morgan fingerprint density at radius 1 is 0.909 bits per heavy atom. The molecular formula is C17H14N2O3. The van der Waals surface area contributed by atoms with Gasteiger partial charge in [0, 0.05) is 5.56 Å². The van der Waals surface area contributed by atoms with Crippen LogP contribution in [0.3, 0.4) is 0 Å². The van der Waals surface area contributed by atoms with E-state index < -0.39 is 11.9 Å². The van der Waals surface area contributed by atoms with Gasteiger partial charge in [-0.05, 0) is 17.7 Å². The normalized spacial score (nSPS) is 15.5. The Morgan fingerprint density at radius 2 is 1.64 bits per heavy atom. The third-order valence-corrected chi connectivity index (χ3v) is 3.18. The smallest absolute Gasteiger partial charge is 0.326 e. The van der Waals surface area contributed by atoms with Crippen molar-refractivity contribution >= 4 is 18.0 Å². The Hall–Kier alpha value is -3.08. The lowest BCUT2D eigenvalue weighted by molar-refractivity contribution is -0.115. The first kappa shape index (κ1) is 13.9. The summed E-state index contributed by atoms with van der Waals surface area (Å²) in [7, 11) is 0. The van der Waals surface area contributed by atoms with E-state index in [1.54, 1.807) is 6.08 Å². The third-order valence-electron chi connectivity index (χ3n) is 3.18. The van der Waals surface area contributed by atoms with Crippen molar-refractivity contribution in [2.75, 3.05) is 0 Å². The van der Waals surface area contributed by atoms with E-state index in [4.69, 9.17) is 4.74 Å². The minimum absolute atomic E-state index is 0.209. The summed E-state index contributed by atoms with van der Waals surface area (Å²) >= 11 is 0. The second kappa shape index (κ2) is 6.13. The minimum Gasteiger partial charge on any atom is -0.488 e. The molecule has 5 heteroatoms. The van der Waals surface area contributed by atoms with Crippen molar-refractivity contribution in [2.24, 2.45) is 0 Å². The number of carbonyl (C=O) groups excluding carboxylic acids is 2. The maximum atomic E-state index is 11.6. The van der Waals surface area contributed by atoms with E-state index in [1.165, 1.54) is 0 Å². The molecule has 0 radical (unpaired) electrons. The summed E-state index contributed by atoms with van der Waals surface area (Å²) in [4.78, 5) is 22.7. The van der Waals surface area contributed by atoms with Crippen LogP contribution < -0.4 is 15.4 Å². The molecule has 2 N–H and O–H groups in total. The van der Waals surface area contributed by atoms with Crippen LogP contribution in [-0.4, -0.2) is 11.9 Å². The van der Waals surface area contributed by atoms with E-state index in [9.17, 15) is 9.59 Å². The number of hydrogen-bond acceptors (Lipinski definition) is 3. The number of hydrogen-bond donors (Lipinski definition) is 2. The average molecular weight is 294 g/mol. The minimum atomic E-state index is -0.515. The Kier molecular flexibility index (Phi) is 3.87. The van der Waals surface area contributed by atoms with E-state index >= 15 is 0 Å². The van der Waals surface area contributed by atoms with Crippen LogP contribution in [0.5, 0.6) is 5.75 Å². The average Bonchev–Trinajstić information content (AvgIpc) is 2.85. The van der Waals surface area contributed by atoms with Crippen LogP contribution >= 0.6 is 0 Å². The van der Waals surface area contributed by atoms with Gasteiger partial charge in [-0.25, -0.2) is 4.79 Å². The van der Waals surface area contributed by atoms with Crippen molar-refractivity contribution in [3.8, 4) is 5.75 Å². The molecule has 5 nitrogen and oxygen atoms in total. The van der Waals surface area contributed by atoms with Crippen LogP contribution in [0.25, 0.3) is 6.08 Å². The molecule has 1 fully saturated rings. The Balaban J connectivity index is 1.80. The molecule has 0 bridgehead atoms. The quantitative estimate of drug-likeness (QED) is 0.672. The zero-order valence-corrected chi connectivity index (χ0v) is 11.7. The molecule has 1 heterocycles. The van der Waals surface area contributed by atoms with Crippen LogP contribution in [0.15, 0.2) is 60.3 Å². The zero-order chi connectivity index (χ0) is 15.4. The van der Waals surface area contributed by atoms with Gasteiger partial charge in [-0.1, -0.05) is 48.5 Å². The van der Waals surface area contributed by atoms with E-state index in [1.807, 2.05) is 54.6 Å². The molecule has 0 spiro atoms. The lowest BCUT2D eigenvalue weighted by Crippen LogP contribution is -2.22. The first-order chi connectivity index (χ1) is 10.7. The first-order valence-electron chi connectivity index (χ1n) is 6.82. The number of rotatable bonds is 4. The van der Waals surface area contributed by atoms with Crippen molar-refractivity contribution in [3.63, 3.8) is 0 Å². The Morgan fingerprint density at radius 3 is 2.36 bits per heavy atom. The van der Waals surface area contributed by atoms with Crippen LogP contribution in [0, 0.1) is 0 Å². The van der Waals surface area contributed by atoms with Gasteiger partial charge in [0.2, 0.25) is 0 Å². The van der Waals surface area contributed by atoms with Crippen molar-refractivity contribution < 1.29 is 14.3 Å². The highest BCUT2D eigenvalue weighted by atomic mass is 16.5. The topological polar surface area (TPSA) is 67.4 Å². The number of para-hydroxylation sites is 1. The summed E-state index contributed by atoms with van der Waals surface area (Å²) in [6.07, 6.45) is 1.60. The fourth-order valence-corrected chi connectivity index (χ4v) is 2.10. The maximum absolute atomic E-state index is 11.6. The number of benzene rings is 2. The summed E-state index contributed by atoms with van der Waals surface area (Å²) in [5.41, 5.74) is 1.99. The maximum Gasteiger partial charge on any atom is 0.326 e. The molecule has 2 aromatic carbocycles. The number of amides is 3. The molecule has 1 aliphatic heterocycles. The van der Waals surface area contributed by atoms with Crippen molar-refractivity contribution in [1.29, 1.82) is 0 Å². The van der Waals surface area contributed by atoms with Crippen LogP contribution in [-0.2, 0) is 11.4 Å². The second-order valence-electron chi connectivity index (χ2n) is 4.78. The fraction of sp³-hybridized carbons (Fsp3) is 0.0588. The largest absolute Gasteiger partial charge is 0.488 e. The summed E-state index contributed by atoms with van der Waals surface area (Å²) in [6.45, 7) is 0.430. The van der Waals surface area contributed by atoms with Gasteiger partial charge in [0.05, 0.1) is 0 Å². The number of urea groups is 1. The predicted octanol–water partition coefficient (Wildman–Crippen LogP) is 2.45. The van der Waals surface area contributed by atoms with Gasteiger partial charge in [0.1, 0.15) is 18.1 Å². The summed E-state index contributed by atoms with van der Waals surface area (Å²) in [5, 5.41) is 4.63. The number of carbonyl (C=O) groups is 2. The van der Waals surface area contributed by atoms with Crippen molar-refractivity contribution in [3.05, 3.63) is 71.4 Å². The monoisotopic (exact) mass is 294 g/mol. The van der Waals surface area contributed by atoms with Gasteiger partial charge in [-0.3, -0.25) is 10.1 Å². The van der Waals surface area contributed by atoms with Crippen molar-refractivity contribution in [1.82, 2.24) is 10.6 Å². The molecule has 0 saturated carbocycles. The summed E-state index contributed by atoms with van der Waals surface area (Å²) in [6, 6.07) is 16.6. The van der Waals surface area contributed by atoms with Gasteiger partial charge in [-0.2, -0.15) is 0 Å². The van der Waals surface area contributed by atoms with Gasteiger partial charge in [0.15, 0.2) is 0 Å². The summed E-state index contributed by atoms with van der Waals surface area (Å²) < 4.78 is 5.81. The van der Waals surface area contributed by atoms with E-state index in [2.05, 4.69) is 10.6 Å². The van der Waals surface area contributed by atoms with E-state index in [0.29, 0.717) is 12.4 Å². The summed E-state index contributed by atoms with van der Waals surface area (Å²) in [5.74, 6) is 0.204. The predicted molar refractivity (Wildman–Crippen MR) is 81.9 cm³/mol. The molecule has 3 amide bonds. The first-order valence-corrected chi connectivity index (χ1v) is 6.82. The highest BCUT2D eigenvalue weighted by Crippen LogP contribution is 2.22. The SMILES string of the molecule is O=C1NC(=O)/C(=C\c2ccccc2OCc2ccccc2)N1. The Bertz CT molecular complexity index is 739. The molecule has 0 unspecified atom stereocenters. The Labute approximate surface area is 127 Å². The van der Waals surface area contributed by atoms with Crippen LogP contribution in [0.1, 0.15) is 11.1 Å². The molecule has 22 heavy (non-hydrogen) atoms. The number of ether oxygens (including phenoxy) is 1. The molecule has 3 rings (SSSR count). The van der Waals surface area contributed by atoms with E-state index in [-0.39, 0.29) is 5.70 Å². The van der Waals surface area contributed by atoms with Gasteiger partial charge < -0.3 is 10.1 Å². The van der Waals surface area contributed by atoms with Crippen molar-refractivity contribution in [2.45, 2.75) is 6.61 Å². The van der Waals surface area contributed by atoms with Gasteiger partial charge >= 0.3 is 6.03 Å². The molecule has 1 saturated heterocycles. The molecule has 110 valence electrons. The van der Waals surface area contributed by atoms with Gasteiger partial charge in [0.25, 0.3) is 5.91 Å². The molecule has 2 aromatic rings. The van der Waals surface area contributed by atoms with Gasteiger partial charge in [-0.15, -0.1) is 0 Å². The number of nitrogens with one attached hydrogen (secondary N) is 2. The lowest BCUT2D eigenvalue weighted by Gasteiger charge is -2.09. The fourth-order valence-electron chi connectivity index (χ4n) is 2.10. The molecule has 0 aromatic heterocycles. The second-order valence-corrected chi connectivity index (χ2v) is 4.78. The van der Waals surface area contributed by atoms with Crippen LogP contribution in [0.2, 0.25) is 0 Å². The van der Waals surface area contributed by atoms with E-state index in [0.717, 1.165) is 11.1 Å². The molecular weight excluding hydrogens is 280 g/mol. The van der Waals surface area contributed by atoms with Crippen LogP contribution in [0.4, 0.5) is 4.79 Å². The third kappa shape index (κ3) is 3.15. The molecule has 0 aliphatic carbocycles. The zero-order valence-electron chi connectivity index (χ0n) is 11.7. The standard InChI is InChI=1S/C17H14N2O3/c20-16-14(18-17(21)19-16)10-13-8-4-5-9-15(13)22-11-12-6-2-1-3-7-12/h1-10H,11H2,(H2,18,19,20,21)/b14-10+. The molecule has 0 atom stereocenters. The highest BCUT2D eigenvalue weighted by Gasteiger charge is 2.23. The molecule has 1 aliphatic rings.